The fourth-order valence-electron chi connectivity index (χ4n) is 9.00. The van der Waals surface area contributed by atoms with Crippen LogP contribution >= 0.6 is 0 Å². The molecule has 0 aliphatic carbocycles. The minimum Gasteiger partial charge on any atom is -0.372 e. The highest BCUT2D eigenvalue weighted by molar-refractivity contribution is 6.05. The maximum atomic E-state index is 15.1. The van der Waals surface area contributed by atoms with Crippen molar-refractivity contribution in [3.8, 4) is 0 Å². The molecule has 3 aromatic rings. The number of hydrogen-bond acceptors (Lipinski definition) is 11. The van der Waals surface area contributed by atoms with Crippen LogP contribution in [0.25, 0.3) is 0 Å². The number of nitrogens with one attached hydrogen (secondary N) is 4. The number of carbonyl (C=O) groups excluding carboxylic acids is 7. The van der Waals surface area contributed by atoms with Gasteiger partial charge in [-0.1, -0.05) is 0 Å². The van der Waals surface area contributed by atoms with Crippen LogP contribution in [0.15, 0.2) is 60.7 Å². The summed E-state index contributed by atoms with van der Waals surface area (Å²) < 4.78 is 30.2. The molecule has 332 valence electrons. The summed E-state index contributed by atoms with van der Waals surface area (Å²) >= 11 is 0. The number of imide groups is 2. The van der Waals surface area contributed by atoms with E-state index in [1.54, 1.807) is 17.0 Å². The van der Waals surface area contributed by atoms with Gasteiger partial charge >= 0.3 is 0 Å². The molecule has 5 aliphatic rings. The van der Waals surface area contributed by atoms with Crippen molar-refractivity contribution in [3.63, 3.8) is 0 Å². The third-order valence-electron chi connectivity index (χ3n) is 12.8. The van der Waals surface area contributed by atoms with Gasteiger partial charge in [0.2, 0.25) is 23.6 Å². The molecule has 0 unspecified atom stereocenters. The quantitative estimate of drug-likeness (QED) is 0.219. The van der Waals surface area contributed by atoms with Gasteiger partial charge in [0.1, 0.15) is 23.7 Å². The summed E-state index contributed by atoms with van der Waals surface area (Å²) in [5, 5.41) is 9.39. The first-order chi connectivity index (χ1) is 30.4. The van der Waals surface area contributed by atoms with Gasteiger partial charge in [-0.15, -0.1) is 0 Å². The highest BCUT2D eigenvalue weighted by Gasteiger charge is 2.32. The minimum atomic E-state index is -0.904. The summed E-state index contributed by atoms with van der Waals surface area (Å²) in [6.07, 6.45) is 2.63. The van der Waals surface area contributed by atoms with Gasteiger partial charge in [0.05, 0.1) is 11.1 Å². The maximum absolute atomic E-state index is 15.1. The van der Waals surface area contributed by atoms with Gasteiger partial charge in [-0.25, -0.2) is 8.78 Å². The van der Waals surface area contributed by atoms with Crippen molar-refractivity contribution in [3.05, 3.63) is 89.0 Å². The first kappa shape index (κ1) is 43.2. The number of halogens is 2. The molecule has 0 radical (unpaired) electrons. The van der Waals surface area contributed by atoms with Crippen molar-refractivity contribution in [1.82, 2.24) is 31.1 Å². The van der Waals surface area contributed by atoms with Gasteiger partial charge in [0.25, 0.3) is 17.7 Å². The molecule has 7 amide bonds. The average Bonchev–Trinajstić information content (AvgIpc) is 3.28. The number of piperazine rings is 2. The lowest BCUT2D eigenvalue weighted by molar-refractivity contribution is -0.136. The second-order valence-corrected chi connectivity index (χ2v) is 16.8. The summed E-state index contributed by atoms with van der Waals surface area (Å²) in [5.41, 5.74) is 2.63. The SMILES string of the molecule is O=C1CC[C@H](NC(=O)c2ccc(N3CCN(CC4CCN(c5ccc(C(=O)N6CCN(c7ccc(C(=O)N[C@H]8CCC(=O)NC8=O)c(F)c7)CC6)cc5)CC4)CC3)cc2F)C(=O)N1. The van der Waals surface area contributed by atoms with Gasteiger partial charge in [0, 0.05) is 107 Å². The monoisotopic (exact) mass is 867 g/mol. The Morgan fingerprint density at radius 2 is 1.00 bits per heavy atom. The Bertz CT molecular complexity index is 2270. The van der Waals surface area contributed by atoms with E-state index in [4.69, 9.17) is 0 Å². The first-order valence-corrected chi connectivity index (χ1v) is 21.6. The van der Waals surface area contributed by atoms with Crippen molar-refractivity contribution >= 4 is 58.4 Å². The molecule has 0 bridgehead atoms. The molecule has 63 heavy (non-hydrogen) atoms. The normalized spacial score (nSPS) is 21.5. The fourth-order valence-corrected chi connectivity index (χ4v) is 9.00. The zero-order chi connectivity index (χ0) is 44.2. The van der Waals surface area contributed by atoms with Crippen LogP contribution in [0.3, 0.4) is 0 Å². The second-order valence-electron chi connectivity index (χ2n) is 16.8. The van der Waals surface area contributed by atoms with Gasteiger partial charge in [-0.3, -0.25) is 49.1 Å². The van der Waals surface area contributed by atoms with Gasteiger partial charge in [-0.2, -0.15) is 0 Å². The summed E-state index contributed by atoms with van der Waals surface area (Å²) in [7, 11) is 0. The molecule has 18 heteroatoms. The summed E-state index contributed by atoms with van der Waals surface area (Å²) in [6.45, 7) is 7.82. The molecule has 5 saturated heterocycles. The van der Waals surface area contributed by atoms with Crippen LogP contribution in [0.5, 0.6) is 0 Å². The lowest BCUT2D eigenvalue weighted by atomic mass is 9.95. The van der Waals surface area contributed by atoms with E-state index in [1.807, 2.05) is 29.2 Å². The number of carbonyl (C=O) groups is 7. The van der Waals surface area contributed by atoms with Crippen molar-refractivity contribution in [2.24, 2.45) is 5.92 Å². The third-order valence-corrected chi connectivity index (χ3v) is 12.8. The van der Waals surface area contributed by atoms with Crippen LogP contribution in [-0.4, -0.2) is 135 Å². The number of benzene rings is 3. The van der Waals surface area contributed by atoms with Crippen LogP contribution in [0.4, 0.5) is 25.8 Å². The predicted molar refractivity (Wildman–Crippen MR) is 228 cm³/mol. The number of anilines is 3. The Hall–Kier alpha value is -6.43. The van der Waals surface area contributed by atoms with Gasteiger partial charge < -0.3 is 30.2 Å². The molecular formula is C45H51F2N9O7. The molecule has 0 aromatic heterocycles. The first-order valence-electron chi connectivity index (χ1n) is 21.6. The number of nitrogens with zero attached hydrogens (tertiary/aromatic N) is 5. The Kier molecular flexibility index (Phi) is 13.0. The Labute approximate surface area is 363 Å². The predicted octanol–water partition coefficient (Wildman–Crippen LogP) is 2.04. The Balaban J connectivity index is 0.744. The second kappa shape index (κ2) is 18.9. The fraction of sp³-hybridized carbons (Fsp3) is 0.444. The van der Waals surface area contributed by atoms with E-state index in [9.17, 15) is 33.6 Å². The standard InChI is InChI=1S/C45H51F2N9O7/c46-35-25-31(5-7-33(35)41(59)48-37-9-11-39(57)50-43(37)61)54-19-17-52(18-20-54)27-28-13-15-53(16-14-28)30-3-1-29(2-4-30)45(63)56-23-21-55(22-24-56)32-6-8-34(36(47)26-32)42(60)49-38-10-12-40(58)51-44(38)62/h1-8,25-26,28,37-38H,9-24,27H2,(H,48,59)(H,49,60)(H,50,57,61)(H,51,58,62)/t37-,38-/m0/s1. The Morgan fingerprint density at radius 1 is 0.556 bits per heavy atom. The highest BCUT2D eigenvalue weighted by Crippen LogP contribution is 2.27. The number of amides is 7. The summed E-state index contributed by atoms with van der Waals surface area (Å²) in [5.74, 6) is -4.32. The average molecular weight is 868 g/mol. The molecule has 4 N–H and O–H groups in total. The molecule has 5 heterocycles. The largest absolute Gasteiger partial charge is 0.372 e. The van der Waals surface area contributed by atoms with E-state index in [0.717, 1.165) is 64.3 Å². The van der Waals surface area contributed by atoms with Crippen LogP contribution in [-0.2, 0) is 19.2 Å². The molecule has 16 nitrogen and oxygen atoms in total. The zero-order valence-corrected chi connectivity index (χ0v) is 34.9. The van der Waals surface area contributed by atoms with Crippen LogP contribution < -0.4 is 36.0 Å². The van der Waals surface area contributed by atoms with Gasteiger partial charge in [0.15, 0.2) is 0 Å². The van der Waals surface area contributed by atoms with E-state index in [1.165, 1.54) is 24.3 Å². The van der Waals surface area contributed by atoms with Crippen molar-refractivity contribution < 1.29 is 42.3 Å². The van der Waals surface area contributed by atoms with Crippen LogP contribution in [0.1, 0.15) is 69.6 Å². The van der Waals surface area contributed by atoms with Crippen molar-refractivity contribution in [2.75, 3.05) is 86.7 Å². The van der Waals surface area contributed by atoms with E-state index in [-0.39, 0.29) is 48.6 Å². The minimum absolute atomic E-state index is 0.0664. The van der Waals surface area contributed by atoms with E-state index in [0.29, 0.717) is 49.0 Å². The van der Waals surface area contributed by atoms with Gasteiger partial charge in [-0.05, 0) is 92.3 Å². The van der Waals surface area contributed by atoms with E-state index < -0.39 is 53.3 Å². The van der Waals surface area contributed by atoms with E-state index >= 15 is 8.78 Å². The molecule has 0 saturated carbocycles. The van der Waals surface area contributed by atoms with Crippen LogP contribution in [0, 0.1) is 17.6 Å². The zero-order valence-electron chi connectivity index (χ0n) is 34.9. The lowest BCUT2D eigenvalue weighted by Gasteiger charge is -2.40. The molecular weight excluding hydrogens is 817 g/mol. The maximum Gasteiger partial charge on any atom is 0.254 e. The smallest absolute Gasteiger partial charge is 0.254 e. The lowest BCUT2D eigenvalue weighted by Crippen LogP contribution is -2.52. The number of hydrogen-bond donors (Lipinski definition) is 4. The Morgan fingerprint density at radius 3 is 1.46 bits per heavy atom. The van der Waals surface area contributed by atoms with Crippen LogP contribution in [0.2, 0.25) is 0 Å². The summed E-state index contributed by atoms with van der Waals surface area (Å²) in [6, 6.07) is 14.8. The van der Waals surface area contributed by atoms with Crippen molar-refractivity contribution in [1.29, 1.82) is 0 Å². The topological polar surface area (TPSA) is 184 Å². The molecule has 0 spiro atoms. The van der Waals surface area contributed by atoms with E-state index in [2.05, 4.69) is 36.0 Å². The number of rotatable bonds is 10. The molecule has 3 aromatic carbocycles. The third kappa shape index (κ3) is 10.1. The summed E-state index contributed by atoms with van der Waals surface area (Å²) in [4.78, 5) is 96.4. The molecule has 5 aliphatic heterocycles. The molecule has 5 fully saturated rings. The highest BCUT2D eigenvalue weighted by atomic mass is 19.1. The molecule has 2 atom stereocenters. The number of piperidine rings is 3. The van der Waals surface area contributed by atoms with Crippen molar-refractivity contribution in [2.45, 2.75) is 50.6 Å². The molecule has 8 rings (SSSR count).